The second-order valence-corrected chi connectivity index (χ2v) is 7.61. The quantitative estimate of drug-likeness (QED) is 0.838. The molecule has 0 amide bonds. The van der Waals surface area contributed by atoms with Crippen LogP contribution in [0, 0.1) is 19.3 Å². The summed E-state index contributed by atoms with van der Waals surface area (Å²) in [7, 11) is 0. The highest BCUT2D eigenvalue weighted by Crippen LogP contribution is 2.35. The summed E-state index contributed by atoms with van der Waals surface area (Å²) >= 11 is 1.94. The number of rotatable bonds is 3. The predicted molar refractivity (Wildman–Crippen MR) is 76.7 cm³/mol. The van der Waals surface area contributed by atoms with Gasteiger partial charge in [-0.1, -0.05) is 13.8 Å². The first-order chi connectivity index (χ1) is 7.96. The lowest BCUT2D eigenvalue weighted by atomic mass is 9.75. The van der Waals surface area contributed by atoms with Crippen LogP contribution in [0.15, 0.2) is 6.07 Å². The fourth-order valence-electron chi connectivity index (χ4n) is 2.59. The molecule has 1 aliphatic rings. The van der Waals surface area contributed by atoms with Crippen molar-refractivity contribution < 1.29 is 0 Å². The molecular formula is C15H25NS. The molecule has 2 heteroatoms. The molecule has 1 N–H and O–H groups in total. The number of aryl methyl sites for hydroxylation is 2. The molecule has 2 rings (SSSR count). The number of hydrogen-bond acceptors (Lipinski definition) is 2. The van der Waals surface area contributed by atoms with E-state index >= 15 is 0 Å². The van der Waals surface area contributed by atoms with Gasteiger partial charge in [0.15, 0.2) is 0 Å². The fourth-order valence-corrected chi connectivity index (χ4v) is 3.59. The van der Waals surface area contributed by atoms with Gasteiger partial charge in [0.25, 0.3) is 0 Å². The fraction of sp³-hybridized carbons (Fsp3) is 0.733. The van der Waals surface area contributed by atoms with Gasteiger partial charge in [-0.25, -0.2) is 0 Å². The number of nitrogens with one attached hydrogen (secondary N) is 1. The van der Waals surface area contributed by atoms with E-state index in [2.05, 4.69) is 39.1 Å². The van der Waals surface area contributed by atoms with Gasteiger partial charge in [0.2, 0.25) is 0 Å². The van der Waals surface area contributed by atoms with Gasteiger partial charge in [-0.05, 0) is 56.6 Å². The van der Waals surface area contributed by atoms with Crippen molar-refractivity contribution >= 4 is 11.3 Å². The van der Waals surface area contributed by atoms with Crippen LogP contribution in [0.5, 0.6) is 0 Å². The van der Waals surface area contributed by atoms with Crippen LogP contribution in [0.3, 0.4) is 0 Å². The van der Waals surface area contributed by atoms with Crippen LogP contribution in [0.4, 0.5) is 0 Å². The van der Waals surface area contributed by atoms with Crippen LogP contribution in [0.2, 0.25) is 0 Å². The van der Waals surface area contributed by atoms with Crippen LogP contribution in [0.1, 0.15) is 54.8 Å². The Morgan fingerprint density at radius 1 is 1.29 bits per heavy atom. The minimum absolute atomic E-state index is 0.578. The highest BCUT2D eigenvalue weighted by Gasteiger charge is 2.26. The van der Waals surface area contributed by atoms with Crippen molar-refractivity contribution in [1.29, 1.82) is 0 Å². The molecule has 1 saturated carbocycles. The summed E-state index contributed by atoms with van der Waals surface area (Å²) in [6, 6.07) is 3.07. The third-order valence-electron chi connectivity index (χ3n) is 4.12. The molecule has 1 fully saturated rings. The molecule has 1 aromatic heterocycles. The Bertz CT molecular complexity index is 349. The molecule has 0 radical (unpaired) electrons. The maximum absolute atomic E-state index is 3.73. The maximum atomic E-state index is 3.73. The van der Waals surface area contributed by atoms with Crippen molar-refractivity contribution in [2.24, 2.45) is 5.41 Å². The summed E-state index contributed by atoms with van der Waals surface area (Å²) in [5.41, 5.74) is 2.02. The molecule has 1 heterocycles. The van der Waals surface area contributed by atoms with Gasteiger partial charge in [0.1, 0.15) is 0 Å². The van der Waals surface area contributed by atoms with Crippen molar-refractivity contribution in [3.63, 3.8) is 0 Å². The van der Waals surface area contributed by atoms with E-state index in [0.29, 0.717) is 5.41 Å². The van der Waals surface area contributed by atoms with Crippen molar-refractivity contribution in [2.75, 3.05) is 0 Å². The number of hydrogen-bond donors (Lipinski definition) is 1. The summed E-state index contributed by atoms with van der Waals surface area (Å²) in [5.74, 6) is 0. The minimum atomic E-state index is 0.578. The van der Waals surface area contributed by atoms with Gasteiger partial charge >= 0.3 is 0 Å². The molecule has 0 aromatic carbocycles. The van der Waals surface area contributed by atoms with Gasteiger partial charge < -0.3 is 5.32 Å². The first-order valence-electron chi connectivity index (χ1n) is 6.75. The highest BCUT2D eigenvalue weighted by molar-refractivity contribution is 7.12. The van der Waals surface area contributed by atoms with E-state index in [1.807, 2.05) is 11.3 Å². The second kappa shape index (κ2) is 5.11. The molecule has 0 spiro atoms. The SMILES string of the molecule is Cc1cc(CNC2CCC(C)(C)CC2)sc1C. The number of thiophene rings is 1. The van der Waals surface area contributed by atoms with E-state index < -0.39 is 0 Å². The maximum Gasteiger partial charge on any atom is 0.0302 e. The summed E-state index contributed by atoms with van der Waals surface area (Å²) in [5, 5.41) is 3.73. The standard InChI is InChI=1S/C15H25NS/c1-11-9-14(17-12(11)2)10-16-13-5-7-15(3,4)8-6-13/h9,13,16H,5-8,10H2,1-4H3. The molecule has 0 unspecified atom stereocenters. The van der Waals surface area contributed by atoms with Crippen LogP contribution in [-0.2, 0) is 6.54 Å². The van der Waals surface area contributed by atoms with Crippen LogP contribution < -0.4 is 5.32 Å². The molecule has 1 aliphatic carbocycles. The van der Waals surface area contributed by atoms with E-state index in [1.54, 1.807) is 0 Å². The lowest BCUT2D eigenvalue weighted by Gasteiger charge is -2.34. The first kappa shape index (κ1) is 13.1. The third kappa shape index (κ3) is 3.56. The Kier molecular flexibility index (Phi) is 3.94. The summed E-state index contributed by atoms with van der Waals surface area (Å²) < 4.78 is 0. The van der Waals surface area contributed by atoms with E-state index in [1.165, 1.54) is 41.0 Å². The Morgan fingerprint density at radius 3 is 2.47 bits per heavy atom. The van der Waals surface area contributed by atoms with Gasteiger partial charge in [0, 0.05) is 22.3 Å². The Hall–Kier alpha value is -0.340. The van der Waals surface area contributed by atoms with Crippen molar-refractivity contribution in [3.05, 3.63) is 21.4 Å². The predicted octanol–water partition coefficient (Wildman–Crippen LogP) is 4.42. The Labute approximate surface area is 110 Å². The van der Waals surface area contributed by atoms with Gasteiger partial charge in [-0.15, -0.1) is 11.3 Å². The Balaban J connectivity index is 1.79. The van der Waals surface area contributed by atoms with Crippen LogP contribution in [0.25, 0.3) is 0 Å². The topological polar surface area (TPSA) is 12.0 Å². The van der Waals surface area contributed by atoms with Gasteiger partial charge in [-0.3, -0.25) is 0 Å². The van der Waals surface area contributed by atoms with E-state index in [-0.39, 0.29) is 0 Å². The average molecular weight is 251 g/mol. The zero-order chi connectivity index (χ0) is 12.5. The highest BCUT2D eigenvalue weighted by atomic mass is 32.1. The van der Waals surface area contributed by atoms with E-state index in [9.17, 15) is 0 Å². The summed E-state index contributed by atoms with van der Waals surface area (Å²) in [6.07, 6.45) is 5.42. The van der Waals surface area contributed by atoms with Gasteiger partial charge in [-0.2, -0.15) is 0 Å². The summed E-state index contributed by atoms with van der Waals surface area (Å²) in [6.45, 7) is 10.3. The zero-order valence-corrected chi connectivity index (χ0v) is 12.4. The third-order valence-corrected chi connectivity index (χ3v) is 5.27. The second-order valence-electron chi connectivity index (χ2n) is 6.27. The Morgan fingerprint density at radius 2 is 1.94 bits per heavy atom. The minimum Gasteiger partial charge on any atom is -0.309 e. The van der Waals surface area contributed by atoms with Crippen molar-refractivity contribution in [2.45, 2.75) is 66.0 Å². The monoisotopic (exact) mass is 251 g/mol. The molecule has 1 nitrogen and oxygen atoms in total. The van der Waals surface area contributed by atoms with Crippen molar-refractivity contribution in [3.8, 4) is 0 Å². The molecular weight excluding hydrogens is 226 g/mol. The summed E-state index contributed by atoms with van der Waals surface area (Å²) in [4.78, 5) is 2.96. The molecule has 0 aliphatic heterocycles. The molecule has 1 aromatic rings. The lowest BCUT2D eigenvalue weighted by molar-refractivity contribution is 0.206. The molecule has 0 atom stereocenters. The first-order valence-corrected chi connectivity index (χ1v) is 7.57. The molecule has 0 saturated heterocycles. The van der Waals surface area contributed by atoms with E-state index in [0.717, 1.165) is 12.6 Å². The molecule has 17 heavy (non-hydrogen) atoms. The molecule has 96 valence electrons. The van der Waals surface area contributed by atoms with Crippen molar-refractivity contribution in [1.82, 2.24) is 5.32 Å². The van der Waals surface area contributed by atoms with Crippen LogP contribution in [-0.4, -0.2) is 6.04 Å². The zero-order valence-electron chi connectivity index (χ0n) is 11.6. The smallest absolute Gasteiger partial charge is 0.0302 e. The van der Waals surface area contributed by atoms with Crippen LogP contribution >= 0.6 is 11.3 Å². The lowest BCUT2D eigenvalue weighted by Crippen LogP contribution is -2.34. The average Bonchev–Trinajstić information content (AvgIpc) is 2.57. The van der Waals surface area contributed by atoms with E-state index in [4.69, 9.17) is 0 Å². The molecule has 0 bridgehead atoms. The van der Waals surface area contributed by atoms with Gasteiger partial charge in [0.05, 0.1) is 0 Å². The normalized spacial score (nSPS) is 20.7. The largest absolute Gasteiger partial charge is 0.309 e.